The van der Waals surface area contributed by atoms with Gasteiger partial charge in [0.25, 0.3) is 0 Å². The molecule has 0 radical (unpaired) electrons. The SMILES string of the molecule is COC(=O)c1ccc(CC(CCOc2cccc3ccccc23)=Nc2cccc3ccccc23)cc1. The number of rotatable bonds is 8. The maximum Gasteiger partial charge on any atom is 0.337 e. The van der Waals surface area contributed by atoms with Crippen LogP contribution in [-0.2, 0) is 11.2 Å². The highest BCUT2D eigenvalue weighted by Crippen LogP contribution is 2.28. The molecule has 36 heavy (non-hydrogen) atoms. The summed E-state index contributed by atoms with van der Waals surface area (Å²) in [6.45, 7) is 0.512. The highest BCUT2D eigenvalue weighted by atomic mass is 16.5. The van der Waals surface area contributed by atoms with E-state index < -0.39 is 0 Å². The molecule has 5 rings (SSSR count). The normalized spacial score (nSPS) is 11.5. The predicted octanol–water partition coefficient (Wildman–Crippen LogP) is 7.56. The molecule has 5 aromatic rings. The van der Waals surface area contributed by atoms with Crippen molar-refractivity contribution in [1.29, 1.82) is 0 Å². The van der Waals surface area contributed by atoms with Gasteiger partial charge in [-0.3, -0.25) is 4.99 Å². The van der Waals surface area contributed by atoms with Crippen molar-refractivity contribution in [2.75, 3.05) is 13.7 Å². The summed E-state index contributed by atoms with van der Waals surface area (Å²) in [5.41, 5.74) is 3.57. The number of carbonyl (C=O) groups is 1. The molecule has 0 amide bonds. The van der Waals surface area contributed by atoms with Crippen LogP contribution in [0.5, 0.6) is 5.75 Å². The summed E-state index contributed by atoms with van der Waals surface area (Å²) in [6.07, 6.45) is 1.33. The standard InChI is InChI=1S/C32H27NO3/c1-35-32(34)26-18-16-23(17-19-26)22-27(33-30-14-6-10-24-8-2-4-12-28(24)30)20-21-36-31-15-7-11-25-9-3-5-13-29(25)31/h2-19H,20-22H2,1H3. The lowest BCUT2D eigenvalue weighted by Gasteiger charge is -2.12. The maximum absolute atomic E-state index is 11.8. The number of hydrogen-bond donors (Lipinski definition) is 0. The molecular weight excluding hydrogens is 446 g/mol. The van der Waals surface area contributed by atoms with Crippen molar-refractivity contribution in [3.05, 3.63) is 120 Å². The molecule has 0 spiro atoms. The second-order valence-corrected chi connectivity index (χ2v) is 8.62. The molecule has 0 aliphatic carbocycles. The Morgan fingerprint density at radius 3 is 2.11 bits per heavy atom. The molecule has 0 aliphatic rings. The number of hydrogen-bond acceptors (Lipinski definition) is 4. The minimum absolute atomic E-state index is 0.338. The van der Waals surface area contributed by atoms with Crippen molar-refractivity contribution in [1.82, 2.24) is 0 Å². The number of methoxy groups -OCH3 is 1. The first-order valence-corrected chi connectivity index (χ1v) is 12.0. The Bertz CT molecular complexity index is 1530. The van der Waals surface area contributed by atoms with E-state index in [1.54, 1.807) is 12.1 Å². The van der Waals surface area contributed by atoms with Crippen molar-refractivity contribution in [2.45, 2.75) is 12.8 Å². The van der Waals surface area contributed by atoms with E-state index >= 15 is 0 Å². The van der Waals surface area contributed by atoms with Crippen LogP contribution in [0, 0.1) is 0 Å². The molecular formula is C32H27NO3. The lowest BCUT2D eigenvalue weighted by atomic mass is 10.0. The summed E-state index contributed by atoms with van der Waals surface area (Å²) in [6, 6.07) is 36.3. The van der Waals surface area contributed by atoms with Crippen LogP contribution in [0.3, 0.4) is 0 Å². The molecule has 0 aromatic heterocycles. The second-order valence-electron chi connectivity index (χ2n) is 8.62. The van der Waals surface area contributed by atoms with Crippen LogP contribution in [0.1, 0.15) is 22.3 Å². The molecule has 0 bridgehead atoms. The zero-order chi connectivity index (χ0) is 24.7. The van der Waals surface area contributed by atoms with Crippen LogP contribution >= 0.6 is 0 Å². The van der Waals surface area contributed by atoms with Crippen LogP contribution < -0.4 is 4.74 Å². The van der Waals surface area contributed by atoms with Gasteiger partial charge in [0.05, 0.1) is 25.0 Å². The molecule has 0 aliphatic heterocycles. The van der Waals surface area contributed by atoms with E-state index in [0.29, 0.717) is 25.0 Å². The van der Waals surface area contributed by atoms with Gasteiger partial charge in [-0.2, -0.15) is 0 Å². The number of fused-ring (bicyclic) bond motifs is 2. The molecule has 4 nitrogen and oxygen atoms in total. The van der Waals surface area contributed by atoms with Gasteiger partial charge in [0.1, 0.15) is 5.75 Å². The van der Waals surface area contributed by atoms with Gasteiger partial charge in [0.2, 0.25) is 0 Å². The molecule has 0 fully saturated rings. The monoisotopic (exact) mass is 473 g/mol. The largest absolute Gasteiger partial charge is 0.493 e. The van der Waals surface area contributed by atoms with Gasteiger partial charge in [-0.1, -0.05) is 84.9 Å². The van der Waals surface area contributed by atoms with Gasteiger partial charge in [-0.25, -0.2) is 4.79 Å². The van der Waals surface area contributed by atoms with E-state index in [0.717, 1.165) is 44.3 Å². The van der Waals surface area contributed by atoms with E-state index in [1.165, 1.54) is 7.11 Å². The highest BCUT2D eigenvalue weighted by Gasteiger charge is 2.09. The summed E-state index contributed by atoms with van der Waals surface area (Å²) in [5, 5.41) is 4.54. The number of benzene rings is 5. The zero-order valence-corrected chi connectivity index (χ0v) is 20.2. The first-order chi connectivity index (χ1) is 17.7. The summed E-state index contributed by atoms with van der Waals surface area (Å²) < 4.78 is 11.1. The lowest BCUT2D eigenvalue weighted by molar-refractivity contribution is 0.0600. The Hall–Kier alpha value is -4.44. The minimum atomic E-state index is -0.338. The Kier molecular flexibility index (Phi) is 7.04. The van der Waals surface area contributed by atoms with Crippen LogP contribution in [0.25, 0.3) is 21.5 Å². The third-order valence-corrected chi connectivity index (χ3v) is 6.23. The van der Waals surface area contributed by atoms with E-state index in [4.69, 9.17) is 14.5 Å². The fraction of sp³-hybridized carbons (Fsp3) is 0.125. The Balaban J connectivity index is 1.41. The fourth-order valence-electron chi connectivity index (χ4n) is 4.37. The Labute approximate surface area is 210 Å². The lowest BCUT2D eigenvalue weighted by Crippen LogP contribution is -2.10. The molecule has 0 saturated carbocycles. The molecule has 0 saturated heterocycles. The van der Waals surface area contributed by atoms with Gasteiger partial charge in [0, 0.05) is 29.3 Å². The highest BCUT2D eigenvalue weighted by molar-refractivity contribution is 5.97. The minimum Gasteiger partial charge on any atom is -0.493 e. The number of carbonyl (C=O) groups excluding carboxylic acids is 1. The number of ether oxygens (including phenoxy) is 2. The Morgan fingerprint density at radius 1 is 0.722 bits per heavy atom. The van der Waals surface area contributed by atoms with E-state index in [1.807, 2.05) is 60.7 Å². The first-order valence-electron chi connectivity index (χ1n) is 12.0. The molecule has 4 heteroatoms. The maximum atomic E-state index is 11.8. The molecule has 0 N–H and O–H groups in total. The quantitative estimate of drug-likeness (QED) is 0.173. The van der Waals surface area contributed by atoms with E-state index in [-0.39, 0.29) is 5.97 Å². The number of aliphatic imine (C=N–C) groups is 1. The summed E-state index contributed by atoms with van der Waals surface area (Å²) >= 11 is 0. The van der Waals surface area contributed by atoms with Gasteiger partial charge < -0.3 is 9.47 Å². The van der Waals surface area contributed by atoms with Gasteiger partial charge in [0.15, 0.2) is 0 Å². The fourth-order valence-corrected chi connectivity index (χ4v) is 4.37. The molecule has 0 unspecified atom stereocenters. The topological polar surface area (TPSA) is 47.9 Å². The third kappa shape index (κ3) is 5.28. The average Bonchev–Trinajstić information content (AvgIpc) is 2.93. The van der Waals surface area contributed by atoms with Gasteiger partial charge in [-0.15, -0.1) is 0 Å². The van der Waals surface area contributed by atoms with Crippen LogP contribution in [0.15, 0.2) is 114 Å². The van der Waals surface area contributed by atoms with Crippen LogP contribution in [0.4, 0.5) is 5.69 Å². The molecule has 0 atom stereocenters. The van der Waals surface area contributed by atoms with E-state index in [2.05, 4.69) is 36.4 Å². The van der Waals surface area contributed by atoms with Gasteiger partial charge >= 0.3 is 5.97 Å². The van der Waals surface area contributed by atoms with Crippen LogP contribution in [0.2, 0.25) is 0 Å². The molecule has 178 valence electrons. The Morgan fingerprint density at radius 2 is 1.36 bits per heavy atom. The van der Waals surface area contributed by atoms with Crippen LogP contribution in [-0.4, -0.2) is 25.4 Å². The summed E-state index contributed by atoms with van der Waals surface area (Å²) in [5.74, 6) is 0.537. The molecule has 5 aromatic carbocycles. The zero-order valence-electron chi connectivity index (χ0n) is 20.2. The first kappa shape index (κ1) is 23.3. The molecule has 0 heterocycles. The van der Waals surface area contributed by atoms with Crippen molar-refractivity contribution >= 4 is 38.9 Å². The second kappa shape index (κ2) is 10.9. The summed E-state index contributed by atoms with van der Waals surface area (Å²) in [4.78, 5) is 16.9. The van der Waals surface area contributed by atoms with Crippen molar-refractivity contribution in [3.63, 3.8) is 0 Å². The van der Waals surface area contributed by atoms with Crippen molar-refractivity contribution in [2.24, 2.45) is 4.99 Å². The third-order valence-electron chi connectivity index (χ3n) is 6.23. The predicted molar refractivity (Wildman–Crippen MR) is 147 cm³/mol. The van der Waals surface area contributed by atoms with Crippen molar-refractivity contribution in [3.8, 4) is 5.75 Å². The van der Waals surface area contributed by atoms with Crippen molar-refractivity contribution < 1.29 is 14.3 Å². The van der Waals surface area contributed by atoms with Gasteiger partial charge in [-0.05, 0) is 40.6 Å². The van der Waals surface area contributed by atoms with E-state index in [9.17, 15) is 4.79 Å². The number of esters is 1. The summed E-state index contributed by atoms with van der Waals surface area (Å²) in [7, 11) is 1.39. The smallest absolute Gasteiger partial charge is 0.337 e. The number of nitrogens with zero attached hydrogens (tertiary/aromatic N) is 1. The average molecular weight is 474 g/mol.